The Balaban J connectivity index is 4.39. The van der Waals surface area contributed by atoms with Gasteiger partial charge in [0.1, 0.15) is 0 Å². The van der Waals surface area contributed by atoms with Crippen molar-refractivity contribution in [1.82, 2.24) is 4.90 Å². The summed E-state index contributed by atoms with van der Waals surface area (Å²) in [5.74, 6) is 2.07. The molecule has 0 rings (SSSR count). The van der Waals surface area contributed by atoms with E-state index in [1.54, 1.807) is 0 Å². The Kier molecular flexibility index (Phi) is 16.7. The monoisotopic (exact) mass is 377 g/mol. The van der Waals surface area contributed by atoms with E-state index in [2.05, 4.69) is 51.8 Å². The molecule has 0 aromatic rings. The summed E-state index contributed by atoms with van der Waals surface area (Å²) in [6.45, 7) is 20.6. The average molecular weight is 378 g/mol. The third-order valence-electron chi connectivity index (χ3n) is 5.47. The highest BCUT2D eigenvalue weighted by atomic mass is 16.3. The van der Waals surface area contributed by atoms with Gasteiger partial charge in [-0.3, -0.25) is 0 Å². The second-order valence-corrected chi connectivity index (χ2v) is 8.55. The molecule has 0 heterocycles. The molecule has 2 heteroatoms. The van der Waals surface area contributed by atoms with Gasteiger partial charge in [0.15, 0.2) is 0 Å². The second-order valence-electron chi connectivity index (χ2n) is 8.55. The van der Waals surface area contributed by atoms with Crippen LogP contribution < -0.4 is 0 Å². The maximum Gasteiger partial charge on any atom is 0.0443 e. The number of hydrogen-bond donors (Lipinski definition) is 1. The van der Waals surface area contributed by atoms with Crippen molar-refractivity contribution in [3.05, 3.63) is 37.0 Å². The zero-order valence-electron chi connectivity index (χ0n) is 18.8. The summed E-state index contributed by atoms with van der Waals surface area (Å²) >= 11 is 0. The second kappa shape index (κ2) is 17.3. The summed E-state index contributed by atoms with van der Waals surface area (Å²) in [7, 11) is 0. The Labute approximate surface area is 170 Å². The predicted molar refractivity (Wildman–Crippen MR) is 122 cm³/mol. The molecule has 27 heavy (non-hydrogen) atoms. The fraction of sp³-hybridized carbons (Fsp3) is 0.760. The van der Waals surface area contributed by atoms with E-state index in [0.717, 1.165) is 31.3 Å². The standard InChI is InChI=1S/C25H47NO/c1-7-9-16-25(23(5)6)17-10-11-18-26(19-13-20-27)21-24(8-2)15-12-14-22(3)4/h7,9,16,22,24-25,27H,1,5,8,10-15,17-21H2,2-4,6H3/b16-9-. The zero-order chi connectivity index (χ0) is 20.5. The number of aliphatic hydroxyl groups excluding tert-OH is 1. The lowest BCUT2D eigenvalue weighted by molar-refractivity contribution is 0.188. The zero-order valence-corrected chi connectivity index (χ0v) is 18.8. The first-order chi connectivity index (χ1) is 12.9. The van der Waals surface area contributed by atoms with Gasteiger partial charge in [-0.15, -0.1) is 0 Å². The summed E-state index contributed by atoms with van der Waals surface area (Å²) in [5, 5.41) is 9.24. The Morgan fingerprint density at radius 1 is 1.04 bits per heavy atom. The first-order valence-corrected chi connectivity index (χ1v) is 11.2. The Hall–Kier alpha value is -0.860. The van der Waals surface area contributed by atoms with E-state index in [0.29, 0.717) is 12.5 Å². The van der Waals surface area contributed by atoms with Gasteiger partial charge >= 0.3 is 0 Å². The van der Waals surface area contributed by atoms with Crippen LogP contribution in [0.4, 0.5) is 0 Å². The van der Waals surface area contributed by atoms with Crippen LogP contribution >= 0.6 is 0 Å². The highest BCUT2D eigenvalue weighted by Gasteiger charge is 2.13. The maximum absolute atomic E-state index is 9.24. The molecule has 0 saturated carbocycles. The summed E-state index contributed by atoms with van der Waals surface area (Å²) in [4.78, 5) is 2.59. The van der Waals surface area contributed by atoms with Crippen LogP contribution in [-0.2, 0) is 0 Å². The molecule has 0 bridgehead atoms. The molecule has 0 aliphatic rings. The van der Waals surface area contributed by atoms with Gasteiger partial charge in [0.25, 0.3) is 0 Å². The fourth-order valence-electron chi connectivity index (χ4n) is 3.61. The fourth-order valence-corrected chi connectivity index (χ4v) is 3.61. The molecule has 1 N–H and O–H groups in total. The van der Waals surface area contributed by atoms with Crippen molar-refractivity contribution in [3.8, 4) is 0 Å². The predicted octanol–water partition coefficient (Wildman–Crippen LogP) is 6.63. The van der Waals surface area contributed by atoms with Crippen LogP contribution in [0.25, 0.3) is 0 Å². The molecular formula is C25H47NO. The molecule has 158 valence electrons. The van der Waals surface area contributed by atoms with E-state index in [-0.39, 0.29) is 0 Å². The minimum Gasteiger partial charge on any atom is -0.396 e. The smallest absolute Gasteiger partial charge is 0.0443 e. The molecule has 0 radical (unpaired) electrons. The van der Waals surface area contributed by atoms with E-state index in [9.17, 15) is 5.11 Å². The Morgan fingerprint density at radius 3 is 2.30 bits per heavy atom. The molecule has 0 spiro atoms. The van der Waals surface area contributed by atoms with Gasteiger partial charge in [-0.25, -0.2) is 0 Å². The molecule has 0 aromatic heterocycles. The SMILES string of the molecule is C=C/C=C\C(CCCCN(CCCO)CC(CC)CCCC(C)C)C(=C)C. The molecule has 0 aliphatic heterocycles. The number of aliphatic hydroxyl groups is 1. The summed E-state index contributed by atoms with van der Waals surface area (Å²) < 4.78 is 0. The summed E-state index contributed by atoms with van der Waals surface area (Å²) in [5.41, 5.74) is 1.24. The third-order valence-corrected chi connectivity index (χ3v) is 5.47. The van der Waals surface area contributed by atoms with Gasteiger partial charge in [0, 0.05) is 19.7 Å². The summed E-state index contributed by atoms with van der Waals surface area (Å²) in [6, 6.07) is 0. The number of unbranched alkanes of at least 4 members (excludes halogenated alkanes) is 1. The van der Waals surface area contributed by atoms with E-state index < -0.39 is 0 Å². The summed E-state index contributed by atoms with van der Waals surface area (Å²) in [6.07, 6.45) is 15.9. The van der Waals surface area contributed by atoms with Crippen molar-refractivity contribution in [2.75, 3.05) is 26.2 Å². The van der Waals surface area contributed by atoms with Gasteiger partial charge in [0.2, 0.25) is 0 Å². The molecule has 0 saturated heterocycles. The third kappa shape index (κ3) is 14.8. The minimum absolute atomic E-state index is 0.296. The van der Waals surface area contributed by atoms with Crippen molar-refractivity contribution in [1.29, 1.82) is 0 Å². The number of nitrogens with zero attached hydrogens (tertiary/aromatic N) is 1. The Morgan fingerprint density at radius 2 is 1.74 bits per heavy atom. The largest absolute Gasteiger partial charge is 0.396 e. The first kappa shape index (κ1) is 26.1. The van der Waals surface area contributed by atoms with Crippen LogP contribution in [0, 0.1) is 17.8 Å². The van der Waals surface area contributed by atoms with E-state index in [1.807, 2.05) is 12.2 Å². The van der Waals surface area contributed by atoms with E-state index in [4.69, 9.17) is 0 Å². The van der Waals surface area contributed by atoms with Gasteiger partial charge in [-0.05, 0) is 56.9 Å². The van der Waals surface area contributed by atoms with E-state index >= 15 is 0 Å². The van der Waals surface area contributed by atoms with Crippen molar-refractivity contribution >= 4 is 0 Å². The number of hydrogen-bond acceptors (Lipinski definition) is 2. The molecule has 0 aliphatic carbocycles. The van der Waals surface area contributed by atoms with Crippen LogP contribution in [0.3, 0.4) is 0 Å². The van der Waals surface area contributed by atoms with Gasteiger partial charge in [-0.2, -0.15) is 0 Å². The average Bonchev–Trinajstić information content (AvgIpc) is 2.63. The van der Waals surface area contributed by atoms with Crippen LogP contribution in [0.2, 0.25) is 0 Å². The molecule has 2 nitrogen and oxygen atoms in total. The van der Waals surface area contributed by atoms with Crippen molar-refractivity contribution in [2.24, 2.45) is 17.8 Å². The van der Waals surface area contributed by atoms with Crippen molar-refractivity contribution in [2.45, 2.75) is 79.1 Å². The number of rotatable bonds is 18. The maximum atomic E-state index is 9.24. The lowest BCUT2D eigenvalue weighted by Gasteiger charge is -2.27. The first-order valence-electron chi connectivity index (χ1n) is 11.2. The highest BCUT2D eigenvalue weighted by molar-refractivity contribution is 5.10. The molecule has 2 unspecified atom stereocenters. The van der Waals surface area contributed by atoms with Crippen LogP contribution in [0.1, 0.15) is 79.1 Å². The van der Waals surface area contributed by atoms with Crippen LogP contribution in [-0.4, -0.2) is 36.2 Å². The van der Waals surface area contributed by atoms with E-state index in [1.165, 1.54) is 57.1 Å². The van der Waals surface area contributed by atoms with Crippen molar-refractivity contribution in [3.63, 3.8) is 0 Å². The normalized spacial score (nSPS) is 14.2. The molecule has 2 atom stereocenters. The van der Waals surface area contributed by atoms with Crippen molar-refractivity contribution < 1.29 is 5.11 Å². The Bertz CT molecular complexity index is 399. The van der Waals surface area contributed by atoms with Gasteiger partial charge in [0.05, 0.1) is 0 Å². The molecule has 0 amide bonds. The molecule has 0 aromatic carbocycles. The van der Waals surface area contributed by atoms with Gasteiger partial charge in [-0.1, -0.05) is 83.4 Å². The lowest BCUT2D eigenvalue weighted by atomic mass is 9.94. The lowest BCUT2D eigenvalue weighted by Crippen LogP contribution is -2.32. The topological polar surface area (TPSA) is 23.5 Å². The van der Waals surface area contributed by atoms with Gasteiger partial charge < -0.3 is 10.0 Å². The van der Waals surface area contributed by atoms with Crippen LogP contribution in [0.5, 0.6) is 0 Å². The van der Waals surface area contributed by atoms with Crippen LogP contribution in [0.15, 0.2) is 37.0 Å². The minimum atomic E-state index is 0.296. The quantitative estimate of drug-likeness (QED) is 0.165. The molecule has 0 fully saturated rings. The number of allylic oxidation sites excluding steroid dienone is 4. The molecular weight excluding hydrogens is 330 g/mol. The highest BCUT2D eigenvalue weighted by Crippen LogP contribution is 2.20.